The van der Waals surface area contributed by atoms with Gasteiger partial charge in [-0.3, -0.25) is 9.59 Å². The van der Waals surface area contributed by atoms with Gasteiger partial charge in [0.1, 0.15) is 11.6 Å². The summed E-state index contributed by atoms with van der Waals surface area (Å²) in [5, 5.41) is 2.80. The van der Waals surface area contributed by atoms with Gasteiger partial charge in [-0.1, -0.05) is 18.2 Å². The van der Waals surface area contributed by atoms with Crippen molar-refractivity contribution in [3.63, 3.8) is 0 Å². The van der Waals surface area contributed by atoms with Gasteiger partial charge in [0.2, 0.25) is 11.8 Å². The van der Waals surface area contributed by atoms with Crippen molar-refractivity contribution < 1.29 is 14.0 Å². The average Bonchev–Trinajstić information content (AvgIpc) is 2.58. The number of rotatable bonds is 3. The van der Waals surface area contributed by atoms with Crippen molar-refractivity contribution >= 4 is 17.6 Å². The lowest BCUT2D eigenvalue weighted by atomic mass is 9.83. The maximum atomic E-state index is 14.3. The third-order valence-corrected chi connectivity index (χ3v) is 4.59. The summed E-state index contributed by atoms with van der Waals surface area (Å²) in [5.74, 6) is -0.851. The van der Waals surface area contributed by atoms with Gasteiger partial charge in [0.25, 0.3) is 0 Å². The Hall–Kier alpha value is -2.76. The Balaban J connectivity index is 1.90. The minimum atomic E-state index is -0.632. The highest BCUT2D eigenvalue weighted by molar-refractivity contribution is 5.94. The number of aromatic nitrogens is 1. The molecule has 6 heteroatoms. The SMILES string of the molecule is Cc1ccnc(NC(=O)C2CCC(=O)N(C)C2c2ccccc2F)c1. The molecule has 2 atom stereocenters. The van der Waals surface area contributed by atoms with Gasteiger partial charge in [-0.05, 0) is 37.1 Å². The number of likely N-dealkylation sites (tertiary alicyclic amines) is 1. The predicted molar refractivity (Wildman–Crippen MR) is 92.2 cm³/mol. The number of nitrogens with zero attached hydrogens (tertiary/aromatic N) is 2. The normalized spacial score (nSPS) is 20.4. The number of piperidine rings is 1. The number of amides is 2. The minimum Gasteiger partial charge on any atom is -0.338 e. The molecule has 1 saturated heterocycles. The molecular weight excluding hydrogens is 321 g/mol. The van der Waals surface area contributed by atoms with Crippen LogP contribution >= 0.6 is 0 Å². The highest BCUT2D eigenvalue weighted by Crippen LogP contribution is 2.37. The molecule has 2 unspecified atom stereocenters. The molecule has 5 nitrogen and oxygen atoms in total. The van der Waals surface area contributed by atoms with Crippen molar-refractivity contribution in [1.29, 1.82) is 0 Å². The quantitative estimate of drug-likeness (QED) is 0.933. The molecule has 0 radical (unpaired) electrons. The Kier molecular flexibility index (Phi) is 4.79. The highest BCUT2D eigenvalue weighted by atomic mass is 19.1. The summed E-state index contributed by atoms with van der Waals surface area (Å²) in [6.07, 6.45) is 2.26. The second-order valence-electron chi connectivity index (χ2n) is 6.32. The van der Waals surface area contributed by atoms with Gasteiger partial charge in [0.15, 0.2) is 0 Å². The number of anilines is 1. The average molecular weight is 341 g/mol. The van der Waals surface area contributed by atoms with Gasteiger partial charge in [0.05, 0.1) is 12.0 Å². The fourth-order valence-electron chi connectivity index (χ4n) is 3.28. The molecule has 0 spiro atoms. The van der Waals surface area contributed by atoms with Crippen LogP contribution in [0.25, 0.3) is 0 Å². The number of hydrogen-bond donors (Lipinski definition) is 1. The number of hydrogen-bond acceptors (Lipinski definition) is 3. The van der Waals surface area contributed by atoms with Crippen LogP contribution in [0, 0.1) is 18.7 Å². The maximum absolute atomic E-state index is 14.3. The van der Waals surface area contributed by atoms with E-state index in [4.69, 9.17) is 0 Å². The van der Waals surface area contributed by atoms with Crippen LogP contribution in [0.5, 0.6) is 0 Å². The van der Waals surface area contributed by atoms with Gasteiger partial charge >= 0.3 is 0 Å². The fraction of sp³-hybridized carbons (Fsp3) is 0.316. The first-order valence-electron chi connectivity index (χ1n) is 8.21. The Morgan fingerprint density at radius 3 is 2.80 bits per heavy atom. The van der Waals surface area contributed by atoms with Gasteiger partial charge in [-0.25, -0.2) is 9.37 Å². The van der Waals surface area contributed by atoms with E-state index in [1.165, 1.54) is 11.0 Å². The third-order valence-electron chi connectivity index (χ3n) is 4.59. The second-order valence-corrected chi connectivity index (χ2v) is 6.32. The van der Waals surface area contributed by atoms with Gasteiger partial charge in [-0.2, -0.15) is 0 Å². The van der Waals surface area contributed by atoms with Crippen LogP contribution < -0.4 is 5.32 Å². The zero-order valence-corrected chi connectivity index (χ0v) is 14.2. The maximum Gasteiger partial charge on any atom is 0.231 e. The molecule has 2 amide bonds. The summed E-state index contributed by atoms with van der Waals surface area (Å²) in [6, 6.07) is 9.25. The molecule has 2 aromatic rings. The first-order valence-corrected chi connectivity index (χ1v) is 8.21. The third kappa shape index (κ3) is 3.52. The predicted octanol–water partition coefficient (Wildman–Crippen LogP) is 3.08. The first kappa shape index (κ1) is 17.1. The molecule has 1 fully saturated rings. The van der Waals surface area contributed by atoms with E-state index in [2.05, 4.69) is 10.3 Å². The Bertz CT molecular complexity index is 809. The van der Waals surface area contributed by atoms with Crippen LogP contribution in [0.1, 0.15) is 30.0 Å². The molecule has 25 heavy (non-hydrogen) atoms. The van der Waals surface area contributed by atoms with Crippen LogP contribution in [0.2, 0.25) is 0 Å². The van der Waals surface area contributed by atoms with Gasteiger partial charge < -0.3 is 10.2 Å². The molecule has 1 aromatic carbocycles. The number of nitrogens with one attached hydrogen (secondary N) is 1. The largest absolute Gasteiger partial charge is 0.338 e. The monoisotopic (exact) mass is 341 g/mol. The number of carbonyl (C=O) groups is 2. The van der Waals surface area contributed by atoms with E-state index in [1.54, 1.807) is 37.5 Å². The molecule has 2 heterocycles. The number of aryl methyl sites for hydroxylation is 1. The fourth-order valence-corrected chi connectivity index (χ4v) is 3.28. The standard InChI is InChI=1S/C19H20FN3O2/c1-12-9-10-21-16(11-12)22-19(25)14-7-8-17(24)23(2)18(14)13-5-3-4-6-15(13)20/h3-6,9-11,14,18H,7-8H2,1-2H3,(H,21,22,25). The van der Waals surface area contributed by atoms with Crippen LogP contribution in [0.4, 0.5) is 10.2 Å². The minimum absolute atomic E-state index is 0.0917. The van der Waals surface area contributed by atoms with E-state index >= 15 is 0 Å². The summed E-state index contributed by atoms with van der Waals surface area (Å²) in [4.78, 5) is 30.5. The Morgan fingerprint density at radius 2 is 2.08 bits per heavy atom. The molecule has 1 aromatic heterocycles. The zero-order chi connectivity index (χ0) is 18.0. The van der Waals surface area contributed by atoms with Crippen LogP contribution in [-0.4, -0.2) is 28.7 Å². The number of carbonyl (C=O) groups excluding carboxylic acids is 2. The summed E-state index contributed by atoms with van der Waals surface area (Å²) in [5.41, 5.74) is 1.34. The summed E-state index contributed by atoms with van der Waals surface area (Å²) >= 11 is 0. The Labute approximate surface area is 145 Å². The molecule has 0 aliphatic carbocycles. The number of benzene rings is 1. The van der Waals surface area contributed by atoms with E-state index in [9.17, 15) is 14.0 Å². The topological polar surface area (TPSA) is 62.3 Å². The summed E-state index contributed by atoms with van der Waals surface area (Å²) < 4.78 is 14.3. The lowest BCUT2D eigenvalue weighted by Gasteiger charge is -2.38. The molecule has 0 saturated carbocycles. The molecule has 0 bridgehead atoms. The van der Waals surface area contributed by atoms with Crippen LogP contribution in [0.15, 0.2) is 42.6 Å². The molecular formula is C19H20FN3O2. The summed E-state index contributed by atoms with van der Waals surface area (Å²) in [6.45, 7) is 1.91. The Morgan fingerprint density at radius 1 is 1.32 bits per heavy atom. The van der Waals surface area contributed by atoms with Crippen LogP contribution in [-0.2, 0) is 9.59 Å². The van der Waals surface area contributed by atoms with Gasteiger partial charge in [-0.15, -0.1) is 0 Å². The van der Waals surface area contributed by atoms with E-state index < -0.39 is 17.8 Å². The molecule has 1 aliphatic rings. The smallest absolute Gasteiger partial charge is 0.231 e. The molecule has 3 rings (SSSR count). The van der Waals surface area contributed by atoms with Crippen molar-refractivity contribution in [3.05, 3.63) is 59.5 Å². The van der Waals surface area contributed by atoms with Crippen LogP contribution in [0.3, 0.4) is 0 Å². The second kappa shape index (κ2) is 7.01. The summed E-state index contributed by atoms with van der Waals surface area (Å²) in [7, 11) is 1.61. The lowest BCUT2D eigenvalue weighted by Crippen LogP contribution is -2.45. The number of pyridine rings is 1. The number of halogens is 1. The van der Waals surface area contributed by atoms with Crippen molar-refractivity contribution in [2.75, 3.05) is 12.4 Å². The van der Waals surface area contributed by atoms with E-state index in [0.29, 0.717) is 17.8 Å². The van der Waals surface area contributed by atoms with E-state index in [0.717, 1.165) is 5.56 Å². The van der Waals surface area contributed by atoms with Crippen molar-refractivity contribution in [2.45, 2.75) is 25.8 Å². The molecule has 1 N–H and O–H groups in total. The van der Waals surface area contributed by atoms with Crippen molar-refractivity contribution in [1.82, 2.24) is 9.88 Å². The lowest BCUT2D eigenvalue weighted by molar-refractivity contribution is -0.140. The van der Waals surface area contributed by atoms with Crippen molar-refractivity contribution in [3.8, 4) is 0 Å². The highest BCUT2D eigenvalue weighted by Gasteiger charge is 2.40. The van der Waals surface area contributed by atoms with E-state index in [-0.39, 0.29) is 18.2 Å². The van der Waals surface area contributed by atoms with Crippen molar-refractivity contribution in [2.24, 2.45) is 5.92 Å². The zero-order valence-electron chi connectivity index (χ0n) is 14.2. The van der Waals surface area contributed by atoms with Gasteiger partial charge in [0, 0.05) is 25.2 Å². The van der Waals surface area contributed by atoms with E-state index in [1.807, 2.05) is 13.0 Å². The molecule has 1 aliphatic heterocycles. The first-order chi connectivity index (χ1) is 12.0. The molecule has 130 valence electrons.